The molecule has 17 heavy (non-hydrogen) atoms. The Labute approximate surface area is 98.2 Å². The number of carboxylic acid groups (broad SMARTS) is 1. The molecule has 0 aliphatic heterocycles. The summed E-state index contributed by atoms with van der Waals surface area (Å²) in [5.74, 6) is -0.286. The first kappa shape index (κ1) is 11.5. The van der Waals surface area contributed by atoms with Crippen molar-refractivity contribution in [3.05, 3.63) is 30.0 Å². The van der Waals surface area contributed by atoms with Gasteiger partial charge in [0.1, 0.15) is 11.8 Å². The van der Waals surface area contributed by atoms with Crippen molar-refractivity contribution in [2.45, 2.75) is 12.5 Å². The lowest BCUT2D eigenvalue weighted by atomic mass is 10.1. The van der Waals surface area contributed by atoms with Gasteiger partial charge in [-0.2, -0.15) is 0 Å². The van der Waals surface area contributed by atoms with Gasteiger partial charge in [-0.1, -0.05) is 6.07 Å². The number of hydrogen-bond donors (Lipinski definition) is 3. The van der Waals surface area contributed by atoms with Crippen LogP contribution in [0.1, 0.15) is 5.56 Å². The Hall–Kier alpha value is -2.01. The Morgan fingerprint density at radius 3 is 3.00 bits per heavy atom. The van der Waals surface area contributed by atoms with Crippen LogP contribution in [0.4, 0.5) is 0 Å². The van der Waals surface area contributed by atoms with Gasteiger partial charge in [-0.05, 0) is 17.7 Å². The second-order valence-corrected chi connectivity index (χ2v) is 3.85. The topological polar surface area (TPSA) is 88.3 Å². The van der Waals surface area contributed by atoms with Gasteiger partial charge in [0.25, 0.3) is 0 Å². The third-order valence-electron chi connectivity index (χ3n) is 2.73. The van der Waals surface area contributed by atoms with Crippen molar-refractivity contribution in [1.82, 2.24) is 4.98 Å². The monoisotopic (exact) mass is 234 g/mol. The zero-order valence-electron chi connectivity index (χ0n) is 9.43. The summed E-state index contributed by atoms with van der Waals surface area (Å²) < 4.78 is 5.26. The van der Waals surface area contributed by atoms with Gasteiger partial charge >= 0.3 is 5.97 Å². The molecule has 0 aliphatic rings. The van der Waals surface area contributed by atoms with E-state index in [2.05, 4.69) is 4.98 Å². The Kier molecular flexibility index (Phi) is 3.01. The molecule has 2 rings (SSSR count). The molecule has 0 saturated carbocycles. The van der Waals surface area contributed by atoms with Crippen LogP contribution in [0.25, 0.3) is 10.9 Å². The second kappa shape index (κ2) is 4.47. The molecular formula is C12H14N2O3. The van der Waals surface area contributed by atoms with Crippen LogP contribution in [0, 0.1) is 0 Å². The van der Waals surface area contributed by atoms with Crippen LogP contribution in [0.5, 0.6) is 5.75 Å². The molecule has 0 spiro atoms. The average molecular weight is 234 g/mol. The van der Waals surface area contributed by atoms with Crippen LogP contribution in [0.2, 0.25) is 0 Å². The number of fused-ring (bicyclic) bond motifs is 1. The van der Waals surface area contributed by atoms with Crippen molar-refractivity contribution in [3.63, 3.8) is 0 Å². The predicted octanol–water partition coefficient (Wildman–Crippen LogP) is 1.13. The molecule has 1 atom stereocenters. The van der Waals surface area contributed by atoms with E-state index in [1.165, 1.54) is 0 Å². The maximum Gasteiger partial charge on any atom is 0.320 e. The van der Waals surface area contributed by atoms with E-state index < -0.39 is 12.0 Å². The number of ether oxygens (including phenoxy) is 1. The van der Waals surface area contributed by atoms with Crippen LogP contribution in [-0.4, -0.2) is 29.2 Å². The molecule has 0 aliphatic carbocycles. The molecule has 0 fully saturated rings. The van der Waals surface area contributed by atoms with Crippen molar-refractivity contribution in [3.8, 4) is 5.75 Å². The van der Waals surface area contributed by atoms with Crippen LogP contribution in [0.3, 0.4) is 0 Å². The summed E-state index contributed by atoms with van der Waals surface area (Å²) in [6.45, 7) is 0. The first-order valence-electron chi connectivity index (χ1n) is 5.25. The molecule has 0 radical (unpaired) electrons. The molecule has 0 bridgehead atoms. The first-order chi connectivity index (χ1) is 8.13. The Morgan fingerprint density at radius 2 is 2.35 bits per heavy atom. The number of nitrogens with one attached hydrogen (secondary N) is 1. The fourth-order valence-corrected chi connectivity index (χ4v) is 1.87. The highest BCUT2D eigenvalue weighted by Crippen LogP contribution is 2.29. The van der Waals surface area contributed by atoms with E-state index in [1.807, 2.05) is 18.2 Å². The molecule has 0 unspecified atom stereocenters. The number of carbonyl (C=O) groups is 1. The highest BCUT2D eigenvalue weighted by atomic mass is 16.5. The van der Waals surface area contributed by atoms with Gasteiger partial charge < -0.3 is 20.6 Å². The van der Waals surface area contributed by atoms with Crippen molar-refractivity contribution in [2.75, 3.05) is 7.11 Å². The normalized spacial score (nSPS) is 12.6. The van der Waals surface area contributed by atoms with Crippen molar-refractivity contribution in [1.29, 1.82) is 0 Å². The average Bonchev–Trinajstić information content (AvgIpc) is 2.72. The summed E-state index contributed by atoms with van der Waals surface area (Å²) in [5.41, 5.74) is 7.30. The number of carboxylic acids is 1. The van der Waals surface area contributed by atoms with E-state index in [0.717, 1.165) is 22.2 Å². The molecule has 1 aromatic heterocycles. The number of H-pyrrole nitrogens is 1. The first-order valence-corrected chi connectivity index (χ1v) is 5.25. The van der Waals surface area contributed by atoms with Gasteiger partial charge in [-0.15, -0.1) is 0 Å². The Morgan fingerprint density at radius 1 is 1.59 bits per heavy atom. The number of rotatable bonds is 4. The fourth-order valence-electron chi connectivity index (χ4n) is 1.87. The summed E-state index contributed by atoms with van der Waals surface area (Å²) >= 11 is 0. The van der Waals surface area contributed by atoms with Gasteiger partial charge in [0, 0.05) is 23.5 Å². The highest BCUT2D eigenvalue weighted by Gasteiger charge is 2.16. The molecule has 5 nitrogen and oxygen atoms in total. The van der Waals surface area contributed by atoms with Crippen LogP contribution in [0.15, 0.2) is 24.4 Å². The van der Waals surface area contributed by atoms with Gasteiger partial charge in [-0.3, -0.25) is 4.79 Å². The minimum absolute atomic E-state index is 0.274. The maximum absolute atomic E-state index is 10.7. The number of benzene rings is 1. The highest BCUT2D eigenvalue weighted by molar-refractivity contribution is 5.90. The van der Waals surface area contributed by atoms with Crippen LogP contribution >= 0.6 is 0 Å². The number of aliphatic carboxylic acids is 1. The molecule has 1 aromatic carbocycles. The molecule has 0 amide bonds. The number of methoxy groups -OCH3 is 1. The molecule has 2 aromatic rings. The molecule has 0 saturated heterocycles. The van der Waals surface area contributed by atoms with Gasteiger partial charge in [0.2, 0.25) is 0 Å². The predicted molar refractivity (Wildman–Crippen MR) is 64.2 cm³/mol. The molecule has 1 heterocycles. The van der Waals surface area contributed by atoms with Crippen LogP contribution in [-0.2, 0) is 11.2 Å². The lowest BCUT2D eigenvalue weighted by Crippen LogP contribution is -2.32. The van der Waals surface area contributed by atoms with Crippen LogP contribution < -0.4 is 10.5 Å². The molecule has 90 valence electrons. The van der Waals surface area contributed by atoms with E-state index in [1.54, 1.807) is 13.3 Å². The minimum Gasteiger partial charge on any atom is -0.496 e. The summed E-state index contributed by atoms with van der Waals surface area (Å²) in [6.07, 6.45) is 2.05. The fraction of sp³-hybridized carbons (Fsp3) is 0.250. The minimum atomic E-state index is -1.01. The molecular weight excluding hydrogens is 220 g/mol. The van der Waals surface area contributed by atoms with Gasteiger partial charge in [-0.25, -0.2) is 0 Å². The number of aromatic nitrogens is 1. The quantitative estimate of drug-likeness (QED) is 0.740. The zero-order chi connectivity index (χ0) is 12.4. The van der Waals surface area contributed by atoms with E-state index in [-0.39, 0.29) is 6.42 Å². The molecule has 4 N–H and O–H groups in total. The summed E-state index contributed by atoms with van der Waals surface area (Å²) in [7, 11) is 1.59. The summed E-state index contributed by atoms with van der Waals surface area (Å²) in [4.78, 5) is 13.8. The third kappa shape index (κ3) is 2.09. The Balaban J connectivity index is 2.44. The SMILES string of the molecule is COc1cccc2[nH]cc(C[C@@H](N)C(=O)O)c12. The smallest absolute Gasteiger partial charge is 0.320 e. The summed E-state index contributed by atoms with van der Waals surface area (Å²) in [5, 5.41) is 9.71. The second-order valence-electron chi connectivity index (χ2n) is 3.85. The number of hydrogen-bond acceptors (Lipinski definition) is 3. The summed E-state index contributed by atoms with van der Waals surface area (Å²) in [6, 6.07) is 4.72. The largest absolute Gasteiger partial charge is 0.496 e. The van der Waals surface area contributed by atoms with Crippen molar-refractivity contribution in [2.24, 2.45) is 5.73 Å². The van der Waals surface area contributed by atoms with Gasteiger partial charge in [0.15, 0.2) is 0 Å². The lowest BCUT2D eigenvalue weighted by Gasteiger charge is -2.07. The van der Waals surface area contributed by atoms with Crippen molar-refractivity contribution >= 4 is 16.9 Å². The van der Waals surface area contributed by atoms with E-state index in [4.69, 9.17) is 15.6 Å². The third-order valence-corrected chi connectivity index (χ3v) is 2.73. The van der Waals surface area contributed by atoms with Gasteiger partial charge in [0.05, 0.1) is 7.11 Å². The number of nitrogens with two attached hydrogens (primary N) is 1. The zero-order valence-corrected chi connectivity index (χ0v) is 9.43. The van der Waals surface area contributed by atoms with E-state index in [0.29, 0.717) is 0 Å². The Bertz CT molecular complexity index is 548. The molecule has 5 heteroatoms. The standard InChI is InChI=1S/C12H14N2O3/c1-17-10-4-2-3-9-11(10)7(6-14-9)5-8(13)12(15)16/h2-4,6,8,14H,5,13H2,1H3,(H,15,16)/t8-/m1/s1. The lowest BCUT2D eigenvalue weighted by molar-refractivity contribution is -0.138. The van der Waals surface area contributed by atoms with Crippen molar-refractivity contribution < 1.29 is 14.6 Å². The van der Waals surface area contributed by atoms with E-state index in [9.17, 15) is 4.79 Å². The number of aromatic amines is 1. The maximum atomic E-state index is 10.7. The van der Waals surface area contributed by atoms with E-state index >= 15 is 0 Å².